The van der Waals surface area contributed by atoms with Crippen LogP contribution in [0.1, 0.15) is 26.7 Å². The van der Waals surface area contributed by atoms with E-state index in [1.54, 1.807) is 17.4 Å². The number of aromatic amines is 2. The minimum absolute atomic E-state index is 0.0119. The first-order chi connectivity index (χ1) is 12.7. The molecule has 6 heteroatoms. The summed E-state index contributed by atoms with van der Waals surface area (Å²) >= 11 is 1.66. The summed E-state index contributed by atoms with van der Waals surface area (Å²) in [7, 11) is 0. The van der Waals surface area contributed by atoms with Gasteiger partial charge < -0.3 is 15.3 Å². The Morgan fingerprint density at radius 3 is 2.77 bits per heavy atom. The number of amides is 1. The number of H-pyrrole nitrogens is 2. The molecule has 0 radical (unpaired) electrons. The van der Waals surface area contributed by atoms with Crippen LogP contribution in [0, 0.1) is 0 Å². The molecule has 0 bridgehead atoms. The van der Waals surface area contributed by atoms with Crippen molar-refractivity contribution in [3.05, 3.63) is 92.7 Å². The number of para-hydroxylation sites is 1. The summed E-state index contributed by atoms with van der Waals surface area (Å²) in [4.78, 5) is 31.2. The number of hydrogen-bond acceptors (Lipinski definition) is 3. The van der Waals surface area contributed by atoms with Gasteiger partial charge in [-0.25, -0.2) is 0 Å². The SMILES string of the molecule is O=C(NC[C@H](c1cccs1)c1c[nH]c2ccccc12)c1ccc[nH]c1=O. The van der Waals surface area contributed by atoms with Crippen LogP contribution in [0.4, 0.5) is 0 Å². The molecule has 0 aliphatic carbocycles. The minimum Gasteiger partial charge on any atom is -0.361 e. The van der Waals surface area contributed by atoms with Crippen LogP contribution in [0.25, 0.3) is 10.9 Å². The second-order valence-corrected chi connectivity index (χ2v) is 6.96. The van der Waals surface area contributed by atoms with E-state index < -0.39 is 0 Å². The van der Waals surface area contributed by atoms with E-state index in [2.05, 4.69) is 27.4 Å². The van der Waals surface area contributed by atoms with Crippen molar-refractivity contribution in [2.24, 2.45) is 0 Å². The number of carbonyl (C=O) groups excluding carboxylic acids is 1. The third-order valence-electron chi connectivity index (χ3n) is 4.41. The van der Waals surface area contributed by atoms with Crippen LogP contribution < -0.4 is 10.9 Å². The molecule has 130 valence electrons. The van der Waals surface area contributed by atoms with Crippen molar-refractivity contribution < 1.29 is 4.79 Å². The van der Waals surface area contributed by atoms with E-state index in [9.17, 15) is 9.59 Å². The van der Waals surface area contributed by atoms with E-state index >= 15 is 0 Å². The van der Waals surface area contributed by atoms with Gasteiger partial charge in [0, 0.05) is 40.6 Å². The van der Waals surface area contributed by atoms with Gasteiger partial charge in [-0.1, -0.05) is 24.3 Å². The Morgan fingerprint density at radius 1 is 1.08 bits per heavy atom. The zero-order chi connectivity index (χ0) is 17.9. The van der Waals surface area contributed by atoms with Gasteiger partial charge in [0.2, 0.25) is 0 Å². The summed E-state index contributed by atoms with van der Waals surface area (Å²) in [6, 6.07) is 15.4. The van der Waals surface area contributed by atoms with Gasteiger partial charge >= 0.3 is 0 Å². The summed E-state index contributed by atoms with van der Waals surface area (Å²) in [6.45, 7) is 0.412. The van der Waals surface area contributed by atoms with Gasteiger partial charge in [-0.05, 0) is 35.2 Å². The van der Waals surface area contributed by atoms with Crippen LogP contribution >= 0.6 is 11.3 Å². The van der Waals surface area contributed by atoms with Crippen LogP contribution in [-0.2, 0) is 0 Å². The fourth-order valence-corrected chi connectivity index (χ4v) is 3.97. The van der Waals surface area contributed by atoms with Crippen LogP contribution in [0.3, 0.4) is 0 Å². The average molecular weight is 363 g/mol. The molecule has 0 fully saturated rings. The Bertz CT molecular complexity index is 1100. The smallest absolute Gasteiger partial charge is 0.260 e. The number of thiophene rings is 1. The number of aromatic nitrogens is 2. The molecule has 3 aromatic heterocycles. The van der Waals surface area contributed by atoms with Gasteiger partial charge in [0.1, 0.15) is 5.56 Å². The number of rotatable bonds is 5. The molecule has 0 aliphatic heterocycles. The summed E-state index contributed by atoms with van der Waals surface area (Å²) in [5.74, 6) is -0.355. The number of fused-ring (bicyclic) bond motifs is 1. The Kier molecular flexibility index (Phi) is 4.41. The monoisotopic (exact) mass is 363 g/mol. The second-order valence-electron chi connectivity index (χ2n) is 5.98. The lowest BCUT2D eigenvalue weighted by atomic mass is 9.96. The van der Waals surface area contributed by atoms with Crippen molar-refractivity contribution in [1.29, 1.82) is 0 Å². The Balaban J connectivity index is 1.64. The number of benzene rings is 1. The molecular formula is C20H17N3O2S. The van der Waals surface area contributed by atoms with Crippen molar-refractivity contribution in [3.63, 3.8) is 0 Å². The lowest BCUT2D eigenvalue weighted by molar-refractivity contribution is 0.0951. The minimum atomic E-state index is -0.384. The molecule has 3 heterocycles. The van der Waals surface area contributed by atoms with Crippen molar-refractivity contribution >= 4 is 28.1 Å². The molecule has 26 heavy (non-hydrogen) atoms. The van der Waals surface area contributed by atoms with E-state index in [1.165, 1.54) is 12.3 Å². The molecule has 0 saturated carbocycles. The number of carbonyl (C=O) groups is 1. The molecular weight excluding hydrogens is 346 g/mol. The van der Waals surface area contributed by atoms with E-state index in [-0.39, 0.29) is 22.9 Å². The van der Waals surface area contributed by atoms with Gasteiger partial charge in [-0.3, -0.25) is 9.59 Å². The molecule has 0 spiro atoms. The summed E-state index contributed by atoms with van der Waals surface area (Å²) < 4.78 is 0. The topological polar surface area (TPSA) is 77.8 Å². The molecule has 0 unspecified atom stereocenters. The molecule has 4 aromatic rings. The molecule has 1 aromatic carbocycles. The van der Waals surface area contributed by atoms with Crippen LogP contribution in [0.5, 0.6) is 0 Å². The fourth-order valence-electron chi connectivity index (χ4n) is 3.13. The Hall–Kier alpha value is -3.12. The fraction of sp³-hybridized carbons (Fsp3) is 0.100. The maximum atomic E-state index is 12.4. The Labute approximate surface area is 153 Å². The second kappa shape index (κ2) is 7.01. The molecule has 0 saturated heterocycles. The zero-order valence-corrected chi connectivity index (χ0v) is 14.7. The van der Waals surface area contributed by atoms with E-state index in [4.69, 9.17) is 0 Å². The van der Waals surface area contributed by atoms with Crippen molar-refractivity contribution in [1.82, 2.24) is 15.3 Å². The largest absolute Gasteiger partial charge is 0.361 e. The predicted octanol–water partition coefficient (Wildman–Crippen LogP) is 3.48. The third kappa shape index (κ3) is 3.07. The first-order valence-electron chi connectivity index (χ1n) is 8.29. The van der Waals surface area contributed by atoms with Gasteiger partial charge in [-0.15, -0.1) is 11.3 Å². The lowest BCUT2D eigenvalue weighted by Crippen LogP contribution is -2.32. The maximum Gasteiger partial charge on any atom is 0.260 e. The molecule has 5 nitrogen and oxygen atoms in total. The zero-order valence-electron chi connectivity index (χ0n) is 13.9. The first kappa shape index (κ1) is 16.4. The van der Waals surface area contributed by atoms with Crippen LogP contribution in [0.15, 0.2) is 71.1 Å². The standard InChI is InChI=1S/C20H17N3O2S/c24-19-14(6-3-9-21-19)20(25)23-12-16(18-8-4-10-26-18)15-11-22-17-7-2-1-5-13(15)17/h1-11,16,22H,12H2,(H,21,24)(H,23,25)/t16-/m0/s1. The van der Waals surface area contributed by atoms with Gasteiger partial charge in [-0.2, -0.15) is 0 Å². The van der Waals surface area contributed by atoms with Crippen molar-refractivity contribution in [2.45, 2.75) is 5.92 Å². The van der Waals surface area contributed by atoms with E-state index in [0.717, 1.165) is 21.3 Å². The van der Waals surface area contributed by atoms with Gasteiger partial charge in [0.05, 0.1) is 0 Å². The number of hydrogen-bond donors (Lipinski definition) is 3. The summed E-state index contributed by atoms with van der Waals surface area (Å²) in [6.07, 6.45) is 3.51. The van der Waals surface area contributed by atoms with E-state index in [0.29, 0.717) is 6.54 Å². The number of nitrogens with one attached hydrogen (secondary N) is 3. The van der Waals surface area contributed by atoms with Crippen LogP contribution in [-0.4, -0.2) is 22.4 Å². The van der Waals surface area contributed by atoms with Crippen molar-refractivity contribution in [3.8, 4) is 0 Å². The normalized spacial score (nSPS) is 12.2. The average Bonchev–Trinajstić information content (AvgIpc) is 3.33. The molecule has 4 rings (SSSR count). The molecule has 1 atom stereocenters. The van der Waals surface area contributed by atoms with Crippen LogP contribution in [0.2, 0.25) is 0 Å². The highest BCUT2D eigenvalue weighted by Gasteiger charge is 2.20. The lowest BCUT2D eigenvalue weighted by Gasteiger charge is -2.16. The molecule has 1 amide bonds. The molecule has 0 aliphatic rings. The van der Waals surface area contributed by atoms with Gasteiger partial charge in [0.25, 0.3) is 11.5 Å². The summed E-state index contributed by atoms with van der Waals surface area (Å²) in [5.41, 5.74) is 1.93. The van der Waals surface area contributed by atoms with Crippen molar-refractivity contribution in [2.75, 3.05) is 6.54 Å². The first-order valence-corrected chi connectivity index (χ1v) is 9.17. The predicted molar refractivity (Wildman–Crippen MR) is 104 cm³/mol. The highest BCUT2D eigenvalue weighted by Crippen LogP contribution is 2.32. The maximum absolute atomic E-state index is 12.4. The highest BCUT2D eigenvalue weighted by molar-refractivity contribution is 7.10. The quantitative estimate of drug-likeness (QED) is 0.508. The van der Waals surface area contributed by atoms with Gasteiger partial charge in [0.15, 0.2) is 0 Å². The highest BCUT2D eigenvalue weighted by atomic mass is 32.1. The van der Waals surface area contributed by atoms with E-state index in [1.807, 2.05) is 35.8 Å². The summed E-state index contributed by atoms with van der Waals surface area (Å²) in [5, 5.41) is 6.08. The third-order valence-corrected chi connectivity index (χ3v) is 5.40. The molecule has 3 N–H and O–H groups in total. The number of pyridine rings is 1. The Morgan fingerprint density at radius 2 is 1.96 bits per heavy atom.